The Kier molecular flexibility index (Phi) is 5.66. The fraction of sp³-hybridized carbons (Fsp3) is 0.333. The van der Waals surface area contributed by atoms with E-state index in [9.17, 15) is 4.79 Å². The van der Waals surface area contributed by atoms with Crippen molar-refractivity contribution < 1.29 is 4.79 Å². The number of rotatable bonds is 6. The molecule has 0 atom stereocenters. The Morgan fingerprint density at radius 3 is 2.54 bits per heavy atom. The number of para-hydroxylation sites is 1. The minimum absolute atomic E-state index is 0.453. The van der Waals surface area contributed by atoms with Gasteiger partial charge in [-0.1, -0.05) is 42.1 Å². The van der Waals surface area contributed by atoms with Gasteiger partial charge in [0.2, 0.25) is 0 Å². The van der Waals surface area contributed by atoms with Crippen molar-refractivity contribution in [2.24, 2.45) is 5.73 Å². The molecule has 0 bridgehead atoms. The molecule has 28 heavy (non-hydrogen) atoms. The van der Waals surface area contributed by atoms with Crippen molar-refractivity contribution >= 4 is 28.7 Å². The van der Waals surface area contributed by atoms with Crippen LogP contribution in [0.5, 0.6) is 0 Å². The third-order valence-corrected chi connectivity index (χ3v) is 6.10. The van der Waals surface area contributed by atoms with Crippen LogP contribution >= 0.6 is 11.8 Å². The maximum absolute atomic E-state index is 11.6. The number of imidazole rings is 1. The van der Waals surface area contributed by atoms with Crippen LogP contribution in [0.15, 0.2) is 47.6 Å². The lowest BCUT2D eigenvalue weighted by atomic mass is 10.1. The van der Waals surface area contributed by atoms with Gasteiger partial charge in [0, 0.05) is 38.5 Å². The van der Waals surface area contributed by atoms with Crippen LogP contribution in [-0.2, 0) is 12.3 Å². The highest BCUT2D eigenvalue weighted by Crippen LogP contribution is 2.25. The second-order valence-electron chi connectivity index (χ2n) is 7.29. The Morgan fingerprint density at radius 1 is 1.11 bits per heavy atom. The minimum atomic E-state index is -0.454. The van der Waals surface area contributed by atoms with Gasteiger partial charge in [-0.05, 0) is 30.3 Å². The number of amides is 1. The molecule has 3 N–H and O–H groups in total. The number of carbonyl (C=O) groups excluding carboxylic acids is 1. The summed E-state index contributed by atoms with van der Waals surface area (Å²) in [6.45, 7) is 5.56. The standard InChI is InChI=1S/C21H25N5OS/c1-25-9-11-26(12-10-25)13-15-5-7-16(8-6-15)14-28-21-23-18-4-2-3-17(20(22)27)19(18)24-21/h2-8H,9-14H2,1H3,(H2,22,27)(H,23,24). The van der Waals surface area contributed by atoms with Gasteiger partial charge in [-0.3, -0.25) is 9.69 Å². The molecule has 0 unspecified atom stereocenters. The largest absolute Gasteiger partial charge is 0.366 e. The van der Waals surface area contributed by atoms with Crippen molar-refractivity contribution in [3.8, 4) is 0 Å². The highest BCUT2D eigenvalue weighted by molar-refractivity contribution is 7.98. The van der Waals surface area contributed by atoms with E-state index >= 15 is 0 Å². The molecule has 0 aliphatic carbocycles. The number of primary amides is 1. The molecule has 1 aromatic heterocycles. The maximum atomic E-state index is 11.6. The molecule has 2 heterocycles. The zero-order valence-electron chi connectivity index (χ0n) is 16.0. The zero-order chi connectivity index (χ0) is 19.5. The minimum Gasteiger partial charge on any atom is -0.366 e. The molecular weight excluding hydrogens is 370 g/mol. The smallest absolute Gasteiger partial charge is 0.250 e. The summed E-state index contributed by atoms with van der Waals surface area (Å²) in [7, 11) is 2.18. The highest BCUT2D eigenvalue weighted by Gasteiger charge is 2.14. The topological polar surface area (TPSA) is 78.2 Å². The predicted octanol–water partition coefficient (Wildman–Crippen LogP) is 2.70. The van der Waals surface area contributed by atoms with Gasteiger partial charge < -0.3 is 15.6 Å². The van der Waals surface area contributed by atoms with E-state index < -0.39 is 5.91 Å². The molecule has 0 saturated carbocycles. The molecule has 1 aliphatic rings. The van der Waals surface area contributed by atoms with Crippen molar-refractivity contribution in [2.75, 3.05) is 33.2 Å². The van der Waals surface area contributed by atoms with E-state index in [1.807, 2.05) is 12.1 Å². The van der Waals surface area contributed by atoms with E-state index in [0.717, 1.165) is 49.1 Å². The molecule has 7 heteroatoms. The zero-order valence-corrected chi connectivity index (χ0v) is 16.8. The number of nitrogens with two attached hydrogens (primary N) is 1. The number of aromatic nitrogens is 2. The van der Waals surface area contributed by atoms with E-state index in [0.29, 0.717) is 11.1 Å². The molecule has 3 aromatic rings. The quantitative estimate of drug-likeness (QED) is 0.628. The number of carbonyl (C=O) groups is 1. The predicted molar refractivity (Wildman–Crippen MR) is 113 cm³/mol. The van der Waals surface area contributed by atoms with Crippen LogP contribution in [0.2, 0.25) is 0 Å². The van der Waals surface area contributed by atoms with Crippen LogP contribution in [0.25, 0.3) is 11.0 Å². The summed E-state index contributed by atoms with van der Waals surface area (Å²) >= 11 is 1.63. The third kappa shape index (κ3) is 4.38. The molecule has 0 radical (unpaired) electrons. The monoisotopic (exact) mass is 395 g/mol. The Hall–Kier alpha value is -2.35. The van der Waals surface area contributed by atoms with Crippen LogP contribution in [0.4, 0.5) is 0 Å². The first-order valence-corrected chi connectivity index (χ1v) is 10.5. The number of H-pyrrole nitrogens is 1. The molecule has 0 spiro atoms. The van der Waals surface area contributed by atoms with Crippen LogP contribution < -0.4 is 5.73 Å². The van der Waals surface area contributed by atoms with Gasteiger partial charge in [0.05, 0.1) is 11.1 Å². The van der Waals surface area contributed by atoms with Crippen LogP contribution in [0, 0.1) is 0 Å². The van der Waals surface area contributed by atoms with E-state index in [1.165, 1.54) is 11.1 Å². The van der Waals surface area contributed by atoms with Crippen molar-refractivity contribution in [2.45, 2.75) is 17.5 Å². The first kappa shape index (κ1) is 19.0. The molecule has 6 nitrogen and oxygen atoms in total. The SMILES string of the molecule is CN1CCN(Cc2ccc(CSc3nc4c(C(N)=O)cccc4[nH]3)cc2)CC1. The average molecular weight is 396 g/mol. The number of aromatic amines is 1. The summed E-state index contributed by atoms with van der Waals surface area (Å²) < 4.78 is 0. The lowest BCUT2D eigenvalue weighted by molar-refractivity contribution is 0.100. The summed E-state index contributed by atoms with van der Waals surface area (Å²) in [5.74, 6) is 0.366. The molecular formula is C21H25N5OS. The number of likely N-dealkylation sites (N-methyl/N-ethyl adjacent to an activating group) is 1. The summed E-state index contributed by atoms with van der Waals surface area (Å²) in [5.41, 5.74) is 9.97. The number of piperazine rings is 1. The Labute approximate surface area is 169 Å². The van der Waals surface area contributed by atoms with Crippen molar-refractivity contribution in [1.29, 1.82) is 0 Å². The number of nitrogens with zero attached hydrogens (tertiary/aromatic N) is 3. The van der Waals surface area contributed by atoms with Gasteiger partial charge in [-0.15, -0.1) is 0 Å². The van der Waals surface area contributed by atoms with E-state index in [4.69, 9.17) is 5.73 Å². The molecule has 4 rings (SSSR count). The van der Waals surface area contributed by atoms with Gasteiger partial charge >= 0.3 is 0 Å². The number of hydrogen-bond donors (Lipinski definition) is 2. The molecule has 1 fully saturated rings. The van der Waals surface area contributed by atoms with E-state index in [2.05, 4.69) is 51.1 Å². The maximum Gasteiger partial charge on any atom is 0.250 e. The van der Waals surface area contributed by atoms with Gasteiger partial charge in [0.15, 0.2) is 5.16 Å². The van der Waals surface area contributed by atoms with Gasteiger partial charge in [0.1, 0.15) is 5.52 Å². The molecule has 146 valence electrons. The molecule has 1 saturated heterocycles. The lowest BCUT2D eigenvalue weighted by Crippen LogP contribution is -2.43. The number of thioether (sulfide) groups is 1. The van der Waals surface area contributed by atoms with Gasteiger partial charge in [0.25, 0.3) is 5.91 Å². The molecule has 1 amide bonds. The second kappa shape index (κ2) is 8.34. The number of hydrogen-bond acceptors (Lipinski definition) is 5. The second-order valence-corrected chi connectivity index (χ2v) is 8.26. The lowest BCUT2D eigenvalue weighted by Gasteiger charge is -2.32. The number of benzene rings is 2. The number of fused-ring (bicyclic) bond motifs is 1. The van der Waals surface area contributed by atoms with Crippen molar-refractivity contribution in [3.05, 3.63) is 59.2 Å². The van der Waals surface area contributed by atoms with Gasteiger partial charge in [-0.2, -0.15) is 0 Å². The number of nitrogens with one attached hydrogen (secondary N) is 1. The Balaban J connectivity index is 1.37. The normalized spacial score (nSPS) is 15.9. The van der Waals surface area contributed by atoms with Gasteiger partial charge in [-0.25, -0.2) is 4.98 Å². The fourth-order valence-corrected chi connectivity index (χ4v) is 4.27. The van der Waals surface area contributed by atoms with Crippen molar-refractivity contribution in [3.63, 3.8) is 0 Å². The first-order valence-electron chi connectivity index (χ1n) is 9.48. The van der Waals surface area contributed by atoms with E-state index in [1.54, 1.807) is 17.8 Å². The van der Waals surface area contributed by atoms with Crippen LogP contribution in [0.3, 0.4) is 0 Å². The first-order chi connectivity index (χ1) is 13.6. The summed E-state index contributed by atoms with van der Waals surface area (Å²) in [5, 5.41) is 0.796. The van der Waals surface area contributed by atoms with Crippen LogP contribution in [-0.4, -0.2) is 58.9 Å². The third-order valence-electron chi connectivity index (χ3n) is 5.16. The molecule has 1 aliphatic heterocycles. The van der Waals surface area contributed by atoms with Crippen molar-refractivity contribution in [1.82, 2.24) is 19.8 Å². The Morgan fingerprint density at radius 2 is 1.82 bits per heavy atom. The summed E-state index contributed by atoms with van der Waals surface area (Å²) in [4.78, 5) is 24.2. The van der Waals surface area contributed by atoms with Crippen LogP contribution in [0.1, 0.15) is 21.5 Å². The highest BCUT2D eigenvalue weighted by atomic mass is 32.2. The Bertz CT molecular complexity index is 961. The summed E-state index contributed by atoms with van der Waals surface area (Å²) in [6.07, 6.45) is 0. The van der Waals surface area contributed by atoms with E-state index in [-0.39, 0.29) is 0 Å². The fourth-order valence-electron chi connectivity index (χ4n) is 3.43. The average Bonchev–Trinajstić information content (AvgIpc) is 3.12. The molecule has 2 aromatic carbocycles. The summed E-state index contributed by atoms with van der Waals surface area (Å²) in [6, 6.07) is 14.3.